The van der Waals surface area contributed by atoms with E-state index in [9.17, 15) is 15.0 Å². The minimum atomic E-state index is -0.996. The maximum Gasteiger partial charge on any atom is 0.144 e. The summed E-state index contributed by atoms with van der Waals surface area (Å²) < 4.78 is 0. The summed E-state index contributed by atoms with van der Waals surface area (Å²) in [4.78, 5) is 12.6. The molecule has 114 valence electrons. The third-order valence-electron chi connectivity index (χ3n) is 4.27. The largest absolute Gasteiger partial charge is 0.388 e. The fourth-order valence-corrected chi connectivity index (χ4v) is 2.84. The smallest absolute Gasteiger partial charge is 0.144 e. The minimum Gasteiger partial charge on any atom is -0.388 e. The lowest BCUT2D eigenvalue weighted by Crippen LogP contribution is -2.30. The molecule has 3 nitrogen and oxygen atoms in total. The van der Waals surface area contributed by atoms with Crippen LogP contribution in [0.2, 0.25) is 0 Å². The highest BCUT2D eigenvalue weighted by Gasteiger charge is 2.42. The van der Waals surface area contributed by atoms with Crippen LogP contribution in [-0.4, -0.2) is 16.0 Å². The number of Topliss-reactive ketones (excluding diaryl/α,β-unsaturated/α-hetero) is 1. The first-order valence-electron chi connectivity index (χ1n) is 7.68. The van der Waals surface area contributed by atoms with Gasteiger partial charge in [-0.05, 0) is 24.0 Å². The highest BCUT2D eigenvalue weighted by Crippen LogP contribution is 2.41. The Kier molecular flexibility index (Phi) is 4.36. The molecule has 2 aromatic carbocycles. The zero-order chi connectivity index (χ0) is 15.5. The van der Waals surface area contributed by atoms with Crippen LogP contribution in [0, 0.1) is 11.8 Å². The standard InChI is InChI=1S/C19H20O3/c20-17(13-7-3-1-4-8-13)16(19(22)15-11-12-15)18(21)14-9-5-2-6-10-14/h1-10,15-18,20-21H,11-12H2/t16?,17-,18+. The summed E-state index contributed by atoms with van der Waals surface area (Å²) in [7, 11) is 0. The molecule has 0 bridgehead atoms. The monoisotopic (exact) mass is 296 g/mol. The van der Waals surface area contributed by atoms with Gasteiger partial charge < -0.3 is 10.2 Å². The molecule has 0 aromatic heterocycles. The van der Waals surface area contributed by atoms with E-state index in [2.05, 4.69) is 0 Å². The molecule has 3 atom stereocenters. The molecule has 3 heteroatoms. The van der Waals surface area contributed by atoms with Gasteiger partial charge in [-0.25, -0.2) is 0 Å². The molecule has 2 aromatic rings. The molecule has 2 N–H and O–H groups in total. The van der Waals surface area contributed by atoms with Crippen molar-refractivity contribution in [3.63, 3.8) is 0 Å². The Morgan fingerprint density at radius 1 is 0.818 bits per heavy atom. The first-order valence-corrected chi connectivity index (χ1v) is 7.68. The van der Waals surface area contributed by atoms with E-state index < -0.39 is 18.1 Å². The van der Waals surface area contributed by atoms with E-state index >= 15 is 0 Å². The Bertz CT molecular complexity index is 574. The van der Waals surface area contributed by atoms with Crippen molar-refractivity contribution < 1.29 is 15.0 Å². The average Bonchev–Trinajstić information content (AvgIpc) is 3.41. The molecule has 1 aliphatic rings. The first kappa shape index (κ1) is 14.9. The van der Waals surface area contributed by atoms with Crippen LogP contribution in [-0.2, 0) is 4.79 Å². The number of ketones is 1. The van der Waals surface area contributed by atoms with Crippen molar-refractivity contribution in [1.29, 1.82) is 0 Å². The van der Waals surface area contributed by atoms with Crippen molar-refractivity contribution in [2.45, 2.75) is 25.0 Å². The minimum absolute atomic E-state index is 0.0123. The van der Waals surface area contributed by atoms with E-state index in [1.807, 2.05) is 36.4 Å². The number of hydrogen-bond acceptors (Lipinski definition) is 3. The molecule has 1 saturated carbocycles. The van der Waals surface area contributed by atoms with Crippen molar-refractivity contribution in [2.24, 2.45) is 11.8 Å². The predicted molar refractivity (Wildman–Crippen MR) is 84.0 cm³/mol. The number of carbonyl (C=O) groups is 1. The normalized spacial score (nSPS) is 18.5. The van der Waals surface area contributed by atoms with Gasteiger partial charge in [0.1, 0.15) is 5.78 Å². The number of aliphatic hydroxyl groups excluding tert-OH is 2. The van der Waals surface area contributed by atoms with Gasteiger partial charge in [-0.2, -0.15) is 0 Å². The van der Waals surface area contributed by atoms with Crippen LogP contribution in [0.3, 0.4) is 0 Å². The van der Waals surface area contributed by atoms with E-state index in [4.69, 9.17) is 0 Å². The molecular formula is C19H20O3. The summed E-state index contributed by atoms with van der Waals surface area (Å²) in [5.74, 6) is -0.869. The molecule has 1 aliphatic carbocycles. The molecular weight excluding hydrogens is 276 g/mol. The van der Waals surface area contributed by atoms with Gasteiger partial charge in [0.15, 0.2) is 0 Å². The number of rotatable bonds is 6. The number of hydrogen-bond donors (Lipinski definition) is 2. The fourth-order valence-electron chi connectivity index (χ4n) is 2.84. The number of aliphatic hydroxyl groups is 2. The van der Waals surface area contributed by atoms with Crippen LogP contribution >= 0.6 is 0 Å². The molecule has 1 unspecified atom stereocenters. The molecule has 0 aliphatic heterocycles. The quantitative estimate of drug-likeness (QED) is 0.861. The zero-order valence-electron chi connectivity index (χ0n) is 12.3. The van der Waals surface area contributed by atoms with Gasteiger partial charge in [-0.1, -0.05) is 60.7 Å². The molecule has 3 rings (SSSR count). The molecule has 0 saturated heterocycles. The van der Waals surface area contributed by atoms with Crippen molar-refractivity contribution >= 4 is 5.78 Å². The molecule has 0 heterocycles. The predicted octanol–water partition coefficient (Wildman–Crippen LogP) is 3.05. The summed E-state index contributed by atoms with van der Waals surface area (Å²) in [6, 6.07) is 18.2. The third kappa shape index (κ3) is 3.11. The summed E-state index contributed by atoms with van der Waals surface area (Å²) in [5.41, 5.74) is 1.33. The summed E-state index contributed by atoms with van der Waals surface area (Å²) in [5, 5.41) is 21.4. The Balaban J connectivity index is 1.91. The van der Waals surface area contributed by atoms with Gasteiger partial charge in [0.2, 0.25) is 0 Å². The van der Waals surface area contributed by atoms with Crippen LogP contribution in [0.15, 0.2) is 60.7 Å². The molecule has 0 spiro atoms. The zero-order valence-corrected chi connectivity index (χ0v) is 12.3. The van der Waals surface area contributed by atoms with Gasteiger partial charge >= 0.3 is 0 Å². The number of carbonyl (C=O) groups excluding carboxylic acids is 1. The number of benzene rings is 2. The lowest BCUT2D eigenvalue weighted by atomic mass is 9.82. The highest BCUT2D eigenvalue weighted by atomic mass is 16.3. The van der Waals surface area contributed by atoms with Gasteiger partial charge in [-0.3, -0.25) is 4.79 Å². The lowest BCUT2D eigenvalue weighted by molar-refractivity contribution is -0.133. The second-order valence-electron chi connectivity index (χ2n) is 5.91. The highest BCUT2D eigenvalue weighted by molar-refractivity contribution is 5.86. The summed E-state index contributed by atoms with van der Waals surface area (Å²) in [6.45, 7) is 0. The lowest BCUT2D eigenvalue weighted by Gasteiger charge is -2.27. The van der Waals surface area contributed by atoms with Crippen molar-refractivity contribution in [3.8, 4) is 0 Å². The van der Waals surface area contributed by atoms with Crippen molar-refractivity contribution in [2.75, 3.05) is 0 Å². The topological polar surface area (TPSA) is 57.5 Å². The van der Waals surface area contributed by atoms with Gasteiger partial charge in [0, 0.05) is 5.92 Å². The van der Waals surface area contributed by atoms with E-state index in [1.165, 1.54) is 0 Å². The van der Waals surface area contributed by atoms with E-state index in [-0.39, 0.29) is 11.7 Å². The van der Waals surface area contributed by atoms with Crippen LogP contribution in [0.5, 0.6) is 0 Å². The Morgan fingerprint density at radius 3 is 1.59 bits per heavy atom. The van der Waals surface area contributed by atoms with Gasteiger partial charge in [0.25, 0.3) is 0 Å². The maximum absolute atomic E-state index is 12.6. The summed E-state index contributed by atoms with van der Waals surface area (Å²) >= 11 is 0. The molecule has 0 radical (unpaired) electrons. The van der Waals surface area contributed by atoms with Crippen molar-refractivity contribution in [3.05, 3.63) is 71.8 Å². The third-order valence-corrected chi connectivity index (χ3v) is 4.27. The molecule has 1 fully saturated rings. The first-order chi connectivity index (χ1) is 10.7. The Morgan fingerprint density at radius 2 is 1.23 bits per heavy atom. The summed E-state index contributed by atoms with van der Waals surface area (Å²) in [6.07, 6.45) is -0.273. The second kappa shape index (κ2) is 6.42. The second-order valence-corrected chi connectivity index (χ2v) is 5.91. The van der Waals surface area contributed by atoms with E-state index in [0.29, 0.717) is 11.1 Å². The fraction of sp³-hybridized carbons (Fsp3) is 0.316. The molecule has 0 amide bonds. The van der Waals surface area contributed by atoms with E-state index in [0.717, 1.165) is 12.8 Å². The molecule has 22 heavy (non-hydrogen) atoms. The average molecular weight is 296 g/mol. The van der Waals surface area contributed by atoms with Crippen LogP contribution < -0.4 is 0 Å². The Hall–Kier alpha value is -1.97. The van der Waals surface area contributed by atoms with Gasteiger partial charge in [0.05, 0.1) is 18.1 Å². The maximum atomic E-state index is 12.6. The Labute approximate surface area is 130 Å². The van der Waals surface area contributed by atoms with Gasteiger partial charge in [-0.15, -0.1) is 0 Å². The van der Waals surface area contributed by atoms with Crippen molar-refractivity contribution in [1.82, 2.24) is 0 Å². The van der Waals surface area contributed by atoms with E-state index in [1.54, 1.807) is 24.3 Å². The van der Waals surface area contributed by atoms with Crippen LogP contribution in [0.25, 0.3) is 0 Å². The SMILES string of the molecule is O=C(C1CC1)C([C@H](O)c1ccccc1)[C@@H](O)c1ccccc1. The van der Waals surface area contributed by atoms with Crippen LogP contribution in [0.4, 0.5) is 0 Å². The van der Waals surface area contributed by atoms with Crippen LogP contribution in [0.1, 0.15) is 36.2 Å².